The number of fused-ring (bicyclic) bond motifs is 3. The highest BCUT2D eigenvalue weighted by Gasteiger charge is 2.32. The Balaban J connectivity index is 1.63. The third kappa shape index (κ3) is 2.88. The molecule has 2 aromatic carbocycles. The number of H-pyrrole nitrogens is 1. The second kappa shape index (κ2) is 6.76. The minimum Gasteiger partial charge on any atom is -0.356 e. The second-order valence-electron chi connectivity index (χ2n) is 6.48. The third-order valence-corrected chi connectivity index (χ3v) is 5.47. The van der Waals surface area contributed by atoms with E-state index in [2.05, 4.69) is 45.3 Å². The molecular weight excluding hydrogens is 397 g/mol. The van der Waals surface area contributed by atoms with E-state index in [-0.39, 0.29) is 17.8 Å². The average Bonchev–Trinajstić information content (AvgIpc) is 3.01. The van der Waals surface area contributed by atoms with E-state index in [1.807, 2.05) is 12.1 Å². The van der Waals surface area contributed by atoms with Gasteiger partial charge in [0.25, 0.3) is 0 Å². The van der Waals surface area contributed by atoms with Crippen LogP contribution in [0.1, 0.15) is 30.6 Å². The molecule has 1 unspecified atom stereocenters. The molecule has 1 aliphatic heterocycles. The van der Waals surface area contributed by atoms with E-state index in [4.69, 9.17) is 0 Å². The predicted octanol–water partition coefficient (Wildman–Crippen LogP) is 5.61. The number of amides is 2. The van der Waals surface area contributed by atoms with Gasteiger partial charge >= 0.3 is 6.03 Å². The third-order valence-electron chi connectivity index (χ3n) is 4.98. The Bertz CT molecular complexity index is 984. The summed E-state index contributed by atoms with van der Waals surface area (Å²) >= 11 is 3.23. The van der Waals surface area contributed by atoms with Gasteiger partial charge in [-0.05, 0) is 42.7 Å². The van der Waals surface area contributed by atoms with Crippen LogP contribution < -0.4 is 5.32 Å². The van der Waals surface area contributed by atoms with Gasteiger partial charge in [-0.1, -0.05) is 41.1 Å². The van der Waals surface area contributed by atoms with Crippen LogP contribution in [0.25, 0.3) is 10.9 Å². The summed E-state index contributed by atoms with van der Waals surface area (Å²) in [5, 5.41) is 3.94. The van der Waals surface area contributed by atoms with Gasteiger partial charge in [0, 0.05) is 27.6 Å². The Morgan fingerprint density at radius 3 is 2.92 bits per heavy atom. The van der Waals surface area contributed by atoms with Crippen molar-refractivity contribution in [3.8, 4) is 0 Å². The van der Waals surface area contributed by atoms with Crippen LogP contribution in [0.15, 0.2) is 46.9 Å². The number of carbonyl (C=O) groups is 1. The first-order chi connectivity index (χ1) is 12.6. The van der Waals surface area contributed by atoms with Crippen molar-refractivity contribution in [3.63, 3.8) is 0 Å². The summed E-state index contributed by atoms with van der Waals surface area (Å²) in [4.78, 5) is 18.1. The Labute approximate surface area is 159 Å². The molecule has 6 heteroatoms. The van der Waals surface area contributed by atoms with E-state index in [0.717, 1.165) is 24.1 Å². The molecule has 0 saturated carbocycles. The van der Waals surface area contributed by atoms with Crippen LogP contribution >= 0.6 is 15.9 Å². The molecule has 1 aromatic heterocycles. The Morgan fingerprint density at radius 1 is 1.35 bits per heavy atom. The number of nitrogens with zero attached hydrogens (tertiary/aromatic N) is 1. The standard InChI is InChI=1S/C20H19BrFN3O/c1-2-18-19-14(13-5-3-4-6-16(13)23-19)9-10-25(18)20(26)24-17-8-7-12(21)11-15(17)22/h3-8,11,18,23H,2,9-10H2,1H3,(H,24,26). The molecule has 1 atom stereocenters. The summed E-state index contributed by atoms with van der Waals surface area (Å²) < 4.78 is 14.7. The topological polar surface area (TPSA) is 48.1 Å². The van der Waals surface area contributed by atoms with Crippen molar-refractivity contribution in [2.24, 2.45) is 0 Å². The molecule has 26 heavy (non-hydrogen) atoms. The lowest BCUT2D eigenvalue weighted by molar-refractivity contribution is 0.179. The number of para-hydroxylation sites is 1. The number of hydrogen-bond acceptors (Lipinski definition) is 1. The number of nitrogens with one attached hydrogen (secondary N) is 2. The number of carbonyl (C=O) groups excluding carboxylic acids is 1. The smallest absolute Gasteiger partial charge is 0.322 e. The number of hydrogen-bond donors (Lipinski definition) is 2. The molecular formula is C20H19BrFN3O. The second-order valence-corrected chi connectivity index (χ2v) is 7.40. The zero-order valence-corrected chi connectivity index (χ0v) is 15.9. The van der Waals surface area contributed by atoms with E-state index in [0.29, 0.717) is 11.0 Å². The first-order valence-corrected chi connectivity index (χ1v) is 9.50. The molecule has 4 rings (SSSR count). The van der Waals surface area contributed by atoms with Crippen LogP contribution in [0.2, 0.25) is 0 Å². The fourth-order valence-corrected chi connectivity index (χ4v) is 4.10. The van der Waals surface area contributed by atoms with Gasteiger partial charge in [-0.2, -0.15) is 0 Å². The fourth-order valence-electron chi connectivity index (χ4n) is 3.76. The maximum atomic E-state index is 14.1. The molecule has 0 spiro atoms. The fraction of sp³-hybridized carbons (Fsp3) is 0.250. The lowest BCUT2D eigenvalue weighted by atomic mass is 9.96. The van der Waals surface area contributed by atoms with E-state index < -0.39 is 5.82 Å². The van der Waals surface area contributed by atoms with Crippen molar-refractivity contribution >= 4 is 38.6 Å². The van der Waals surface area contributed by atoms with E-state index in [1.54, 1.807) is 17.0 Å². The van der Waals surface area contributed by atoms with Crippen molar-refractivity contribution < 1.29 is 9.18 Å². The van der Waals surface area contributed by atoms with Gasteiger partial charge < -0.3 is 15.2 Å². The molecule has 3 aromatic rings. The van der Waals surface area contributed by atoms with Gasteiger partial charge in [0.2, 0.25) is 0 Å². The summed E-state index contributed by atoms with van der Waals surface area (Å²) in [6.45, 7) is 2.67. The molecule has 2 N–H and O–H groups in total. The minimum atomic E-state index is -0.455. The van der Waals surface area contributed by atoms with Gasteiger partial charge in [0.1, 0.15) is 5.82 Å². The quantitative estimate of drug-likeness (QED) is 0.561. The predicted molar refractivity (Wildman–Crippen MR) is 105 cm³/mol. The number of aromatic nitrogens is 1. The SMILES string of the molecule is CCC1c2[nH]c3ccccc3c2CCN1C(=O)Nc1ccc(Br)cc1F. The highest BCUT2D eigenvalue weighted by atomic mass is 79.9. The molecule has 4 nitrogen and oxygen atoms in total. The van der Waals surface area contributed by atoms with Crippen LogP contribution in [-0.4, -0.2) is 22.5 Å². The van der Waals surface area contributed by atoms with Crippen LogP contribution in [-0.2, 0) is 6.42 Å². The van der Waals surface area contributed by atoms with Crippen LogP contribution in [0, 0.1) is 5.82 Å². The largest absolute Gasteiger partial charge is 0.356 e. The lowest BCUT2D eigenvalue weighted by Crippen LogP contribution is -2.42. The van der Waals surface area contributed by atoms with Crippen LogP contribution in [0.4, 0.5) is 14.9 Å². The summed E-state index contributed by atoms with van der Waals surface area (Å²) in [7, 11) is 0. The number of anilines is 1. The van der Waals surface area contributed by atoms with Gasteiger partial charge in [-0.15, -0.1) is 0 Å². The highest BCUT2D eigenvalue weighted by Crippen LogP contribution is 2.36. The first-order valence-electron chi connectivity index (χ1n) is 8.70. The van der Waals surface area contributed by atoms with Crippen molar-refractivity contribution in [3.05, 3.63) is 64.0 Å². The molecule has 0 aliphatic carbocycles. The number of aromatic amines is 1. The summed E-state index contributed by atoms with van der Waals surface area (Å²) in [5.41, 5.74) is 3.66. The molecule has 1 aliphatic rings. The van der Waals surface area contributed by atoms with Crippen LogP contribution in [0.3, 0.4) is 0 Å². The molecule has 2 heterocycles. The highest BCUT2D eigenvalue weighted by molar-refractivity contribution is 9.10. The molecule has 0 bridgehead atoms. The molecule has 0 fully saturated rings. The summed E-state index contributed by atoms with van der Waals surface area (Å²) in [5.74, 6) is -0.455. The Kier molecular flexibility index (Phi) is 4.44. The average molecular weight is 416 g/mol. The van der Waals surface area contributed by atoms with Crippen molar-refractivity contribution in [1.82, 2.24) is 9.88 Å². The maximum absolute atomic E-state index is 14.1. The Hall–Kier alpha value is -2.34. The van der Waals surface area contributed by atoms with Crippen molar-refractivity contribution in [2.45, 2.75) is 25.8 Å². The van der Waals surface area contributed by atoms with E-state index >= 15 is 0 Å². The normalized spacial score (nSPS) is 16.6. The zero-order chi connectivity index (χ0) is 18.3. The molecule has 134 valence electrons. The van der Waals surface area contributed by atoms with Gasteiger partial charge in [0.05, 0.1) is 11.7 Å². The van der Waals surface area contributed by atoms with Crippen molar-refractivity contribution in [1.29, 1.82) is 0 Å². The zero-order valence-electron chi connectivity index (χ0n) is 14.4. The van der Waals surface area contributed by atoms with Gasteiger partial charge in [0.15, 0.2) is 0 Å². The van der Waals surface area contributed by atoms with E-state index in [9.17, 15) is 9.18 Å². The van der Waals surface area contributed by atoms with E-state index in [1.165, 1.54) is 17.0 Å². The minimum absolute atomic E-state index is 0.0512. The number of benzene rings is 2. The summed E-state index contributed by atoms with van der Waals surface area (Å²) in [6.07, 6.45) is 1.57. The first kappa shape index (κ1) is 17.1. The lowest BCUT2D eigenvalue weighted by Gasteiger charge is -2.35. The van der Waals surface area contributed by atoms with Crippen LogP contribution in [0.5, 0.6) is 0 Å². The Morgan fingerprint density at radius 2 is 2.15 bits per heavy atom. The maximum Gasteiger partial charge on any atom is 0.322 e. The summed E-state index contributed by atoms with van der Waals surface area (Å²) in [6, 6.07) is 12.5. The number of rotatable bonds is 2. The van der Waals surface area contributed by atoms with Gasteiger partial charge in [-0.25, -0.2) is 9.18 Å². The molecule has 0 radical (unpaired) electrons. The van der Waals surface area contributed by atoms with Gasteiger partial charge in [-0.3, -0.25) is 0 Å². The number of urea groups is 1. The number of halogens is 2. The molecule has 2 amide bonds. The molecule has 0 saturated heterocycles. The van der Waals surface area contributed by atoms with Crippen molar-refractivity contribution in [2.75, 3.05) is 11.9 Å². The monoisotopic (exact) mass is 415 g/mol.